The molecule has 0 aromatic heterocycles. The van der Waals surface area contributed by atoms with Crippen LogP contribution in [0, 0.1) is 0 Å². The minimum absolute atomic E-state index is 0. The van der Waals surface area contributed by atoms with Crippen molar-refractivity contribution < 1.29 is 17.6 Å². The first-order chi connectivity index (χ1) is 8.18. The molecule has 2 aromatic rings. The number of hydrogen-bond donors (Lipinski definition) is 0. The molecular weight excluding hydrogens is 263 g/mol. The van der Waals surface area contributed by atoms with E-state index in [2.05, 4.69) is 4.33 Å². The molecule has 0 heterocycles. The van der Waals surface area contributed by atoms with Crippen molar-refractivity contribution in [3.05, 3.63) is 60.7 Å². The fourth-order valence-corrected chi connectivity index (χ4v) is 1.92. The Hall–Kier alpha value is -0.850. The van der Waals surface area contributed by atoms with Crippen molar-refractivity contribution in [3.8, 4) is 5.75 Å². The Morgan fingerprint density at radius 3 is 1.83 bits per heavy atom. The van der Waals surface area contributed by atoms with Gasteiger partial charge in [-0.05, 0) is 24.3 Å². The fourth-order valence-electron chi connectivity index (χ4n) is 1.19. The van der Waals surface area contributed by atoms with Crippen LogP contribution in [-0.2, 0) is 14.5 Å². The van der Waals surface area contributed by atoms with E-state index in [1.54, 1.807) is 48.5 Å². The van der Waals surface area contributed by atoms with Gasteiger partial charge >= 0.3 is 10.1 Å². The van der Waals surface area contributed by atoms with Crippen LogP contribution in [0.3, 0.4) is 0 Å². The second-order valence-corrected chi connectivity index (χ2v) is 4.75. The van der Waals surface area contributed by atoms with Crippen molar-refractivity contribution >= 4 is 39.7 Å². The smallest absolute Gasteiger partial charge is 0.321 e. The Balaban J connectivity index is 0.00000162. The second-order valence-electron chi connectivity index (χ2n) is 3.23. The number of para-hydroxylation sites is 1. The Morgan fingerprint density at radius 2 is 1.28 bits per heavy atom. The summed E-state index contributed by atoms with van der Waals surface area (Å²) in [4.78, 5) is 4.79. The van der Waals surface area contributed by atoms with Gasteiger partial charge in [0.15, 0.2) is 5.75 Å². The summed E-state index contributed by atoms with van der Waals surface area (Å²) in [7, 11) is -3.88. The third kappa shape index (κ3) is 4.12. The van der Waals surface area contributed by atoms with Crippen molar-refractivity contribution in [2.45, 2.75) is 4.90 Å². The molecule has 0 aliphatic heterocycles. The Morgan fingerprint density at radius 1 is 0.778 bits per heavy atom. The third-order valence-electron chi connectivity index (χ3n) is 1.99. The SMILES string of the molecule is O=S(=O)(OOc1ccccc1)c1ccccc1.[Na]. The van der Waals surface area contributed by atoms with E-state index in [1.165, 1.54) is 12.1 Å². The molecule has 0 bridgehead atoms. The number of benzene rings is 2. The van der Waals surface area contributed by atoms with E-state index >= 15 is 0 Å². The van der Waals surface area contributed by atoms with Crippen molar-refractivity contribution in [3.63, 3.8) is 0 Å². The fraction of sp³-hybridized carbons (Fsp3) is 0. The van der Waals surface area contributed by atoms with Crippen LogP contribution in [0.25, 0.3) is 0 Å². The van der Waals surface area contributed by atoms with Gasteiger partial charge in [-0.15, -0.1) is 0 Å². The van der Waals surface area contributed by atoms with Crippen LogP contribution in [0.15, 0.2) is 65.6 Å². The van der Waals surface area contributed by atoms with E-state index in [0.717, 1.165) is 0 Å². The zero-order valence-electron chi connectivity index (χ0n) is 9.81. The van der Waals surface area contributed by atoms with Crippen molar-refractivity contribution in [1.82, 2.24) is 0 Å². The van der Waals surface area contributed by atoms with E-state index in [4.69, 9.17) is 4.89 Å². The van der Waals surface area contributed by atoms with E-state index in [-0.39, 0.29) is 34.5 Å². The topological polar surface area (TPSA) is 52.6 Å². The predicted molar refractivity (Wildman–Crippen MR) is 67.5 cm³/mol. The molecular formula is C12H10NaO4S. The summed E-state index contributed by atoms with van der Waals surface area (Å²) < 4.78 is 27.8. The van der Waals surface area contributed by atoms with Gasteiger partial charge in [0, 0.05) is 29.6 Å². The molecule has 18 heavy (non-hydrogen) atoms. The Kier molecular flexibility index (Phi) is 5.84. The van der Waals surface area contributed by atoms with Crippen LogP contribution in [0.5, 0.6) is 5.75 Å². The van der Waals surface area contributed by atoms with Gasteiger partial charge in [0.2, 0.25) is 0 Å². The molecule has 4 nitrogen and oxygen atoms in total. The minimum Gasteiger partial charge on any atom is -0.321 e. The number of hydrogen-bond acceptors (Lipinski definition) is 4. The Labute approximate surface area is 128 Å². The average molecular weight is 273 g/mol. The summed E-state index contributed by atoms with van der Waals surface area (Å²) in [5.74, 6) is 0.326. The number of rotatable bonds is 4. The summed E-state index contributed by atoms with van der Waals surface area (Å²) in [6, 6.07) is 16.2. The first-order valence-corrected chi connectivity index (χ1v) is 6.30. The quantitative estimate of drug-likeness (QED) is 0.486. The zero-order chi connectivity index (χ0) is 12.1. The summed E-state index contributed by atoms with van der Waals surface area (Å²) in [6.07, 6.45) is 0. The molecule has 0 atom stereocenters. The van der Waals surface area contributed by atoms with Crippen LogP contribution in [-0.4, -0.2) is 38.0 Å². The van der Waals surface area contributed by atoms with Crippen molar-refractivity contribution in [2.75, 3.05) is 0 Å². The molecule has 0 unspecified atom stereocenters. The molecule has 6 heteroatoms. The molecule has 0 saturated heterocycles. The van der Waals surface area contributed by atoms with Gasteiger partial charge in [-0.1, -0.05) is 40.7 Å². The molecule has 0 aliphatic carbocycles. The standard InChI is InChI=1S/C12H10O4S.Na/c13-17(14,12-9-5-2-6-10-12)16-15-11-7-3-1-4-8-11;/h1-10H;. The average Bonchev–Trinajstić information content (AvgIpc) is 2.39. The van der Waals surface area contributed by atoms with Gasteiger partial charge in [0.25, 0.3) is 0 Å². The van der Waals surface area contributed by atoms with Gasteiger partial charge in [-0.3, -0.25) is 0 Å². The molecule has 1 radical (unpaired) electrons. The van der Waals surface area contributed by atoms with E-state index in [0.29, 0.717) is 5.75 Å². The van der Waals surface area contributed by atoms with E-state index in [1.807, 2.05) is 0 Å². The maximum Gasteiger partial charge on any atom is 0.332 e. The monoisotopic (exact) mass is 273 g/mol. The maximum atomic E-state index is 11.7. The predicted octanol–water partition coefficient (Wildman–Crippen LogP) is 2.01. The van der Waals surface area contributed by atoms with Crippen molar-refractivity contribution in [2.24, 2.45) is 0 Å². The van der Waals surface area contributed by atoms with Gasteiger partial charge in [0.05, 0.1) is 4.90 Å². The van der Waals surface area contributed by atoms with E-state index < -0.39 is 10.1 Å². The second kappa shape index (κ2) is 6.92. The molecule has 0 spiro atoms. The molecule has 2 aromatic carbocycles. The zero-order valence-corrected chi connectivity index (χ0v) is 12.6. The van der Waals surface area contributed by atoms with Gasteiger partial charge in [0.1, 0.15) is 0 Å². The summed E-state index contributed by atoms with van der Waals surface area (Å²) in [6.45, 7) is 0. The molecule has 2 rings (SSSR count). The molecule has 0 aliphatic rings. The van der Waals surface area contributed by atoms with Gasteiger partial charge in [-0.25, -0.2) is 0 Å². The van der Waals surface area contributed by atoms with Crippen LogP contribution in [0.4, 0.5) is 0 Å². The van der Waals surface area contributed by atoms with Gasteiger partial charge < -0.3 is 4.89 Å². The molecule has 0 N–H and O–H groups in total. The largest absolute Gasteiger partial charge is 0.332 e. The van der Waals surface area contributed by atoms with Crippen LogP contribution < -0.4 is 4.89 Å². The molecule has 89 valence electrons. The Bertz CT molecular complexity index is 570. The first-order valence-electron chi connectivity index (χ1n) is 4.90. The summed E-state index contributed by atoms with van der Waals surface area (Å²) >= 11 is 0. The first kappa shape index (κ1) is 15.2. The van der Waals surface area contributed by atoms with Crippen LogP contribution in [0.1, 0.15) is 0 Å². The van der Waals surface area contributed by atoms with Crippen LogP contribution in [0.2, 0.25) is 0 Å². The maximum absolute atomic E-state index is 11.7. The summed E-state index contributed by atoms with van der Waals surface area (Å²) in [5, 5.41) is 0. The molecule has 0 fully saturated rings. The molecule has 0 amide bonds. The minimum atomic E-state index is -3.88. The normalized spacial score (nSPS) is 10.4. The van der Waals surface area contributed by atoms with Crippen molar-refractivity contribution in [1.29, 1.82) is 0 Å². The van der Waals surface area contributed by atoms with Gasteiger partial charge in [-0.2, -0.15) is 8.42 Å². The molecule has 0 saturated carbocycles. The van der Waals surface area contributed by atoms with E-state index in [9.17, 15) is 8.42 Å². The summed E-state index contributed by atoms with van der Waals surface area (Å²) in [5.41, 5.74) is 0. The third-order valence-corrected chi connectivity index (χ3v) is 3.09. The van der Waals surface area contributed by atoms with Crippen LogP contribution >= 0.6 is 0 Å².